The van der Waals surface area contributed by atoms with E-state index in [0.717, 1.165) is 24.0 Å². The molecule has 0 aromatic heterocycles. The van der Waals surface area contributed by atoms with Gasteiger partial charge in [0, 0.05) is 5.02 Å². The fourth-order valence-electron chi connectivity index (χ4n) is 2.71. The van der Waals surface area contributed by atoms with E-state index in [-0.39, 0.29) is 12.3 Å². The Morgan fingerprint density at radius 1 is 1.35 bits per heavy atom. The maximum atomic E-state index is 12.1. The second-order valence-electron chi connectivity index (χ2n) is 5.39. The molecule has 20 heavy (non-hydrogen) atoms. The number of carboxylic acid groups (broad SMARTS) is 1. The molecule has 0 radical (unpaired) electrons. The van der Waals surface area contributed by atoms with Crippen molar-refractivity contribution < 1.29 is 14.7 Å². The quantitative estimate of drug-likeness (QED) is 0.897. The zero-order valence-electron chi connectivity index (χ0n) is 11.4. The molecule has 2 N–H and O–H groups in total. The van der Waals surface area contributed by atoms with E-state index < -0.39 is 11.5 Å². The molecule has 1 aliphatic rings. The van der Waals surface area contributed by atoms with Crippen LogP contribution in [0.25, 0.3) is 0 Å². The Balaban J connectivity index is 2.07. The fourth-order valence-corrected chi connectivity index (χ4v) is 2.94. The summed E-state index contributed by atoms with van der Waals surface area (Å²) in [5.74, 6) is -1.18. The van der Waals surface area contributed by atoms with Gasteiger partial charge in [0.1, 0.15) is 5.54 Å². The van der Waals surface area contributed by atoms with Crippen molar-refractivity contribution in [1.29, 1.82) is 0 Å². The first-order chi connectivity index (χ1) is 9.43. The Bertz CT molecular complexity index is 536. The van der Waals surface area contributed by atoms with Crippen LogP contribution in [0.2, 0.25) is 5.02 Å². The Morgan fingerprint density at radius 2 is 2.00 bits per heavy atom. The van der Waals surface area contributed by atoms with Crippen LogP contribution in [0.5, 0.6) is 0 Å². The molecule has 108 valence electrons. The summed E-state index contributed by atoms with van der Waals surface area (Å²) in [7, 11) is 0. The van der Waals surface area contributed by atoms with Crippen molar-refractivity contribution in [3.8, 4) is 0 Å². The first-order valence-electron chi connectivity index (χ1n) is 6.72. The molecule has 4 nitrogen and oxygen atoms in total. The van der Waals surface area contributed by atoms with Gasteiger partial charge in [0.25, 0.3) is 0 Å². The van der Waals surface area contributed by atoms with Gasteiger partial charge in [-0.15, -0.1) is 0 Å². The lowest BCUT2D eigenvalue weighted by atomic mass is 9.97. The lowest BCUT2D eigenvalue weighted by Crippen LogP contribution is -2.53. The largest absolute Gasteiger partial charge is 0.480 e. The minimum atomic E-state index is -1.07. The van der Waals surface area contributed by atoms with Gasteiger partial charge in [-0.1, -0.05) is 30.5 Å². The molecular weight excluding hydrogens is 278 g/mol. The first kappa shape index (κ1) is 14.9. The predicted octanol–water partition coefficient (Wildman–Crippen LogP) is 2.70. The molecular formula is C15H18ClNO3. The molecule has 0 aliphatic heterocycles. The van der Waals surface area contributed by atoms with Crippen LogP contribution in [0, 0.1) is 6.92 Å². The van der Waals surface area contributed by atoms with Crippen molar-refractivity contribution in [3.05, 3.63) is 34.3 Å². The number of hydrogen-bond donors (Lipinski definition) is 2. The van der Waals surface area contributed by atoms with Crippen LogP contribution in [0.1, 0.15) is 36.8 Å². The third kappa shape index (κ3) is 3.12. The third-order valence-electron chi connectivity index (χ3n) is 3.90. The zero-order valence-corrected chi connectivity index (χ0v) is 12.2. The smallest absolute Gasteiger partial charge is 0.329 e. The molecule has 1 fully saturated rings. The summed E-state index contributed by atoms with van der Waals surface area (Å²) in [6, 6.07) is 5.34. The fraction of sp³-hybridized carbons (Fsp3) is 0.467. The van der Waals surface area contributed by atoms with Crippen LogP contribution in [-0.2, 0) is 16.0 Å². The van der Waals surface area contributed by atoms with E-state index in [9.17, 15) is 14.7 Å². The van der Waals surface area contributed by atoms with Gasteiger partial charge in [0.15, 0.2) is 0 Å². The van der Waals surface area contributed by atoms with Gasteiger partial charge in [0.2, 0.25) is 5.91 Å². The molecule has 1 aromatic rings. The van der Waals surface area contributed by atoms with Gasteiger partial charge in [-0.05, 0) is 43.0 Å². The molecule has 1 saturated carbocycles. The standard InChI is InChI=1S/C15H18ClNO3/c1-10-8-12(16)5-4-11(10)9-13(18)17-15(14(19)20)6-2-3-7-15/h4-5,8H,2-3,6-7,9H2,1H3,(H,17,18)(H,19,20). The molecule has 5 heteroatoms. The number of nitrogens with one attached hydrogen (secondary N) is 1. The topological polar surface area (TPSA) is 66.4 Å². The third-order valence-corrected chi connectivity index (χ3v) is 4.14. The van der Waals surface area contributed by atoms with Gasteiger partial charge >= 0.3 is 5.97 Å². The van der Waals surface area contributed by atoms with E-state index in [2.05, 4.69) is 5.32 Å². The summed E-state index contributed by atoms with van der Waals surface area (Å²) >= 11 is 5.88. The van der Waals surface area contributed by atoms with Gasteiger partial charge < -0.3 is 10.4 Å². The van der Waals surface area contributed by atoms with E-state index in [0.29, 0.717) is 17.9 Å². The van der Waals surface area contributed by atoms with Gasteiger partial charge in [-0.25, -0.2) is 4.79 Å². The number of carbonyl (C=O) groups excluding carboxylic acids is 1. The summed E-state index contributed by atoms with van der Waals surface area (Å²) in [4.78, 5) is 23.5. The summed E-state index contributed by atoms with van der Waals surface area (Å²) in [6.07, 6.45) is 2.87. The SMILES string of the molecule is Cc1cc(Cl)ccc1CC(=O)NC1(C(=O)O)CCCC1. The number of carboxylic acids is 1. The molecule has 0 heterocycles. The highest BCUT2D eigenvalue weighted by Crippen LogP contribution is 2.30. The van der Waals surface area contributed by atoms with Crippen LogP contribution >= 0.6 is 11.6 Å². The maximum Gasteiger partial charge on any atom is 0.329 e. The molecule has 1 aliphatic carbocycles. The number of benzene rings is 1. The van der Waals surface area contributed by atoms with E-state index in [1.165, 1.54) is 0 Å². The number of halogens is 1. The molecule has 0 bridgehead atoms. The number of rotatable bonds is 4. The molecule has 0 atom stereocenters. The molecule has 1 aromatic carbocycles. The molecule has 0 saturated heterocycles. The highest BCUT2D eigenvalue weighted by Gasteiger charge is 2.42. The number of hydrogen-bond acceptors (Lipinski definition) is 2. The van der Waals surface area contributed by atoms with Crippen LogP contribution in [0.3, 0.4) is 0 Å². The molecule has 0 unspecified atom stereocenters. The van der Waals surface area contributed by atoms with Crippen LogP contribution in [-0.4, -0.2) is 22.5 Å². The van der Waals surface area contributed by atoms with E-state index in [1.54, 1.807) is 18.2 Å². The summed E-state index contributed by atoms with van der Waals surface area (Å²) in [6.45, 7) is 1.89. The predicted molar refractivity (Wildman–Crippen MR) is 76.9 cm³/mol. The number of aryl methyl sites for hydroxylation is 1. The van der Waals surface area contributed by atoms with E-state index in [4.69, 9.17) is 11.6 Å². The highest BCUT2D eigenvalue weighted by atomic mass is 35.5. The van der Waals surface area contributed by atoms with Crippen molar-refractivity contribution in [1.82, 2.24) is 5.32 Å². The van der Waals surface area contributed by atoms with Crippen molar-refractivity contribution in [2.75, 3.05) is 0 Å². The maximum absolute atomic E-state index is 12.1. The van der Waals surface area contributed by atoms with Gasteiger partial charge in [0.05, 0.1) is 6.42 Å². The summed E-state index contributed by atoms with van der Waals surface area (Å²) in [5.41, 5.74) is 0.728. The normalized spacial score (nSPS) is 16.9. The van der Waals surface area contributed by atoms with E-state index in [1.807, 2.05) is 6.92 Å². The van der Waals surface area contributed by atoms with Crippen LogP contribution in [0.4, 0.5) is 0 Å². The lowest BCUT2D eigenvalue weighted by molar-refractivity contribution is -0.147. The van der Waals surface area contributed by atoms with Crippen LogP contribution in [0.15, 0.2) is 18.2 Å². The van der Waals surface area contributed by atoms with Crippen molar-refractivity contribution in [2.24, 2.45) is 0 Å². The number of aliphatic carboxylic acids is 1. The molecule has 0 spiro atoms. The lowest BCUT2D eigenvalue weighted by Gasteiger charge is -2.25. The first-order valence-corrected chi connectivity index (χ1v) is 7.10. The second-order valence-corrected chi connectivity index (χ2v) is 5.83. The Labute approximate surface area is 123 Å². The Hall–Kier alpha value is -1.55. The van der Waals surface area contributed by atoms with Gasteiger partial charge in [-0.3, -0.25) is 4.79 Å². The summed E-state index contributed by atoms with van der Waals surface area (Å²) in [5, 5.41) is 12.7. The van der Waals surface area contributed by atoms with Crippen molar-refractivity contribution in [3.63, 3.8) is 0 Å². The Kier molecular flexibility index (Phi) is 4.33. The summed E-state index contributed by atoms with van der Waals surface area (Å²) < 4.78 is 0. The monoisotopic (exact) mass is 295 g/mol. The number of carbonyl (C=O) groups is 2. The van der Waals surface area contributed by atoms with Crippen molar-refractivity contribution in [2.45, 2.75) is 44.6 Å². The number of amides is 1. The van der Waals surface area contributed by atoms with Crippen LogP contribution < -0.4 is 5.32 Å². The highest BCUT2D eigenvalue weighted by molar-refractivity contribution is 6.30. The van der Waals surface area contributed by atoms with Gasteiger partial charge in [-0.2, -0.15) is 0 Å². The average Bonchev–Trinajstić information content (AvgIpc) is 2.82. The van der Waals surface area contributed by atoms with E-state index >= 15 is 0 Å². The minimum absolute atomic E-state index is 0.179. The minimum Gasteiger partial charge on any atom is -0.480 e. The second kappa shape index (κ2) is 5.83. The average molecular weight is 296 g/mol. The molecule has 1 amide bonds. The zero-order chi connectivity index (χ0) is 14.8. The Morgan fingerprint density at radius 3 is 2.55 bits per heavy atom. The van der Waals surface area contributed by atoms with Crippen molar-refractivity contribution >= 4 is 23.5 Å². The molecule has 2 rings (SSSR count).